The molecular weight excluding hydrogens is 314 g/mol. The maximum atomic E-state index is 13.0. The molecule has 1 saturated heterocycles. The summed E-state index contributed by atoms with van der Waals surface area (Å²) in [5.41, 5.74) is 6.81. The van der Waals surface area contributed by atoms with Crippen LogP contribution in [-0.4, -0.2) is 53.3 Å². The molecule has 5 heteroatoms. The van der Waals surface area contributed by atoms with Crippen LogP contribution in [0.4, 0.5) is 0 Å². The van der Waals surface area contributed by atoms with Crippen LogP contribution in [-0.2, 0) is 10.2 Å². The average Bonchev–Trinajstić information content (AvgIpc) is 3.27. The molecule has 2 fully saturated rings. The first-order valence-electron chi connectivity index (χ1n) is 9.19. The van der Waals surface area contributed by atoms with Gasteiger partial charge in [0.15, 0.2) is 0 Å². The Labute approximate surface area is 150 Å². The average molecular weight is 343 g/mol. The predicted octanol–water partition coefficient (Wildman–Crippen LogP) is 2.00. The fourth-order valence-corrected chi connectivity index (χ4v) is 4.04. The van der Waals surface area contributed by atoms with Crippen LogP contribution in [0, 0.1) is 5.92 Å². The van der Waals surface area contributed by atoms with Gasteiger partial charge in [0.25, 0.3) is 0 Å². The Hall–Kier alpha value is -1.88. The number of amides is 2. The minimum atomic E-state index is -0.419. The first kappa shape index (κ1) is 17.9. The van der Waals surface area contributed by atoms with Gasteiger partial charge in [0.1, 0.15) is 0 Å². The fraction of sp³-hybridized carbons (Fsp3) is 0.600. The summed E-state index contributed by atoms with van der Waals surface area (Å²) in [4.78, 5) is 28.8. The number of nitrogens with zero attached hydrogens (tertiary/aromatic N) is 2. The highest BCUT2D eigenvalue weighted by Crippen LogP contribution is 2.55. The van der Waals surface area contributed by atoms with Crippen molar-refractivity contribution in [2.24, 2.45) is 11.7 Å². The van der Waals surface area contributed by atoms with E-state index in [2.05, 4.69) is 37.5 Å². The quantitative estimate of drug-likeness (QED) is 0.909. The molecule has 2 aliphatic rings. The van der Waals surface area contributed by atoms with Gasteiger partial charge in [-0.1, -0.05) is 19.1 Å². The monoisotopic (exact) mass is 343 g/mol. The van der Waals surface area contributed by atoms with E-state index in [0.717, 1.165) is 31.6 Å². The molecule has 1 unspecified atom stereocenters. The third-order valence-electron chi connectivity index (χ3n) is 6.04. The van der Waals surface area contributed by atoms with Crippen molar-refractivity contribution in [2.75, 3.05) is 19.6 Å². The molecule has 1 aromatic carbocycles. The van der Waals surface area contributed by atoms with Crippen molar-refractivity contribution < 1.29 is 9.59 Å². The molecule has 1 aromatic rings. The Morgan fingerprint density at radius 3 is 2.36 bits per heavy atom. The number of carbonyl (C=O) groups is 2. The molecule has 5 nitrogen and oxygen atoms in total. The summed E-state index contributed by atoms with van der Waals surface area (Å²) < 4.78 is 0. The Kier molecular flexibility index (Phi) is 4.62. The number of primary amides is 1. The highest BCUT2D eigenvalue weighted by molar-refractivity contribution is 5.93. The molecule has 1 aliphatic carbocycles. The van der Waals surface area contributed by atoms with E-state index in [-0.39, 0.29) is 23.3 Å². The molecule has 0 radical (unpaired) electrons. The molecular formula is C20H29N3O2. The standard InChI is InChI=1S/C20H29N3O2/c1-13(2)22-9-10-23(14(3)12-22)19(25)17-11-20(17,4)16-7-5-15(6-8-16)18(21)24/h5-8,13-14,17H,9-12H2,1-4H3,(H2,21,24)/t14-,17-,20?/m1/s1. The van der Waals surface area contributed by atoms with Crippen LogP contribution in [0.1, 0.15) is 50.0 Å². The maximum Gasteiger partial charge on any atom is 0.248 e. The number of carbonyl (C=O) groups excluding carboxylic acids is 2. The first-order chi connectivity index (χ1) is 11.7. The summed E-state index contributed by atoms with van der Waals surface area (Å²) in [7, 11) is 0. The second kappa shape index (κ2) is 6.45. The minimum Gasteiger partial charge on any atom is -0.366 e. The first-order valence-corrected chi connectivity index (χ1v) is 9.19. The molecule has 2 N–H and O–H groups in total. The number of nitrogens with two attached hydrogens (primary N) is 1. The van der Waals surface area contributed by atoms with Gasteiger partial charge in [-0.25, -0.2) is 0 Å². The van der Waals surface area contributed by atoms with Crippen LogP contribution >= 0.6 is 0 Å². The van der Waals surface area contributed by atoms with E-state index in [9.17, 15) is 9.59 Å². The Bertz CT molecular complexity index is 670. The largest absolute Gasteiger partial charge is 0.366 e. The van der Waals surface area contributed by atoms with Gasteiger partial charge >= 0.3 is 0 Å². The Morgan fingerprint density at radius 2 is 1.84 bits per heavy atom. The third-order valence-corrected chi connectivity index (χ3v) is 6.04. The van der Waals surface area contributed by atoms with E-state index in [1.165, 1.54) is 0 Å². The topological polar surface area (TPSA) is 66.6 Å². The van der Waals surface area contributed by atoms with E-state index in [0.29, 0.717) is 11.6 Å². The smallest absolute Gasteiger partial charge is 0.248 e. The van der Waals surface area contributed by atoms with E-state index >= 15 is 0 Å². The lowest BCUT2D eigenvalue weighted by Gasteiger charge is -2.42. The summed E-state index contributed by atoms with van der Waals surface area (Å²) in [6, 6.07) is 8.17. The highest BCUT2D eigenvalue weighted by Gasteiger charge is 2.57. The Balaban J connectivity index is 1.68. The van der Waals surface area contributed by atoms with Gasteiger partial charge in [0.05, 0.1) is 0 Å². The van der Waals surface area contributed by atoms with Crippen LogP contribution < -0.4 is 5.73 Å². The zero-order valence-corrected chi connectivity index (χ0v) is 15.7. The van der Waals surface area contributed by atoms with Crippen molar-refractivity contribution in [1.82, 2.24) is 9.80 Å². The van der Waals surface area contributed by atoms with Gasteiger partial charge in [0, 0.05) is 48.6 Å². The van der Waals surface area contributed by atoms with E-state index < -0.39 is 5.91 Å². The zero-order chi connectivity index (χ0) is 18.4. The van der Waals surface area contributed by atoms with Crippen molar-refractivity contribution in [3.05, 3.63) is 35.4 Å². The number of piperazine rings is 1. The predicted molar refractivity (Wildman–Crippen MR) is 98.3 cm³/mol. The van der Waals surface area contributed by atoms with E-state index in [4.69, 9.17) is 5.73 Å². The molecule has 136 valence electrons. The lowest BCUT2D eigenvalue weighted by Crippen LogP contribution is -2.56. The molecule has 3 atom stereocenters. The van der Waals surface area contributed by atoms with Gasteiger partial charge in [-0.15, -0.1) is 0 Å². The van der Waals surface area contributed by atoms with Crippen LogP contribution in [0.25, 0.3) is 0 Å². The summed E-state index contributed by atoms with van der Waals surface area (Å²) >= 11 is 0. The Morgan fingerprint density at radius 1 is 1.20 bits per heavy atom. The number of hydrogen-bond acceptors (Lipinski definition) is 3. The van der Waals surface area contributed by atoms with E-state index in [1.54, 1.807) is 12.1 Å². The molecule has 0 bridgehead atoms. The molecule has 3 rings (SSSR count). The highest BCUT2D eigenvalue weighted by atomic mass is 16.2. The summed E-state index contributed by atoms with van der Waals surface area (Å²) in [6.45, 7) is 11.4. The van der Waals surface area contributed by atoms with Crippen LogP contribution in [0.2, 0.25) is 0 Å². The number of rotatable bonds is 4. The molecule has 1 heterocycles. The van der Waals surface area contributed by atoms with Crippen molar-refractivity contribution in [1.29, 1.82) is 0 Å². The van der Waals surface area contributed by atoms with Gasteiger partial charge < -0.3 is 10.6 Å². The molecule has 0 spiro atoms. The van der Waals surface area contributed by atoms with Crippen molar-refractivity contribution >= 4 is 11.8 Å². The van der Waals surface area contributed by atoms with Gasteiger partial charge in [-0.3, -0.25) is 14.5 Å². The van der Waals surface area contributed by atoms with Crippen molar-refractivity contribution in [3.8, 4) is 0 Å². The summed E-state index contributed by atoms with van der Waals surface area (Å²) in [6.07, 6.45) is 0.874. The SMILES string of the molecule is CC(C)N1CCN(C(=O)[C@H]2CC2(C)c2ccc(C(N)=O)cc2)[C@H](C)C1. The van der Waals surface area contributed by atoms with Crippen molar-refractivity contribution in [3.63, 3.8) is 0 Å². The lowest BCUT2D eigenvalue weighted by molar-refractivity contribution is -0.137. The van der Waals surface area contributed by atoms with Crippen LogP contribution in [0.3, 0.4) is 0 Å². The number of hydrogen-bond donors (Lipinski definition) is 1. The normalized spacial score (nSPS) is 29.7. The van der Waals surface area contributed by atoms with Gasteiger partial charge in [-0.05, 0) is 44.9 Å². The van der Waals surface area contributed by atoms with Gasteiger partial charge in [-0.2, -0.15) is 0 Å². The van der Waals surface area contributed by atoms with E-state index in [1.807, 2.05) is 12.1 Å². The molecule has 1 saturated carbocycles. The third kappa shape index (κ3) is 3.30. The lowest BCUT2D eigenvalue weighted by atomic mass is 9.93. The zero-order valence-electron chi connectivity index (χ0n) is 15.7. The van der Waals surface area contributed by atoms with Crippen LogP contribution in [0.5, 0.6) is 0 Å². The number of benzene rings is 1. The van der Waals surface area contributed by atoms with Crippen molar-refractivity contribution in [2.45, 2.75) is 51.6 Å². The molecule has 0 aromatic heterocycles. The fourth-order valence-electron chi connectivity index (χ4n) is 4.04. The molecule has 2 amide bonds. The van der Waals surface area contributed by atoms with Crippen LogP contribution in [0.15, 0.2) is 24.3 Å². The summed E-state index contributed by atoms with van der Waals surface area (Å²) in [5, 5.41) is 0. The summed E-state index contributed by atoms with van der Waals surface area (Å²) in [5.74, 6) is -0.102. The minimum absolute atomic E-state index is 0.0416. The second-order valence-corrected chi connectivity index (χ2v) is 8.09. The molecule has 1 aliphatic heterocycles. The maximum absolute atomic E-state index is 13.0. The molecule has 25 heavy (non-hydrogen) atoms. The second-order valence-electron chi connectivity index (χ2n) is 8.09. The van der Waals surface area contributed by atoms with Gasteiger partial charge in [0.2, 0.25) is 11.8 Å².